The van der Waals surface area contributed by atoms with Gasteiger partial charge in [-0.25, -0.2) is 0 Å². The summed E-state index contributed by atoms with van der Waals surface area (Å²) in [6, 6.07) is 1.74. The van der Waals surface area contributed by atoms with Gasteiger partial charge in [0.05, 0.1) is 0 Å². The molecule has 3 nitrogen and oxygen atoms in total. The molecule has 0 aromatic carbocycles. The van der Waals surface area contributed by atoms with Crippen molar-refractivity contribution in [3.63, 3.8) is 0 Å². The minimum absolute atomic E-state index is 0.0827. The lowest BCUT2D eigenvalue weighted by Gasteiger charge is -2.58. The van der Waals surface area contributed by atoms with Crippen LogP contribution in [0.4, 0.5) is 0 Å². The number of allylic oxidation sites excluding steroid dienone is 2. The maximum absolute atomic E-state index is 10.3. The Morgan fingerprint density at radius 3 is 2.50 bits per heavy atom. The molecule has 1 aromatic rings. The molecular formula is C31H49NO2. The summed E-state index contributed by atoms with van der Waals surface area (Å²) < 4.78 is 0. The number of rotatable bonds is 6. The maximum atomic E-state index is 10.3. The first-order valence-corrected chi connectivity index (χ1v) is 14.4. The van der Waals surface area contributed by atoms with Crippen molar-refractivity contribution < 1.29 is 10.2 Å². The summed E-state index contributed by atoms with van der Waals surface area (Å²) in [5.74, 6) is 5.79. The lowest BCUT2D eigenvalue weighted by atomic mass is 9.46. The first-order valence-electron chi connectivity index (χ1n) is 14.4. The van der Waals surface area contributed by atoms with Crippen LogP contribution < -0.4 is 0 Å². The van der Waals surface area contributed by atoms with Crippen molar-refractivity contribution >= 4 is 0 Å². The lowest BCUT2D eigenvalue weighted by molar-refractivity contribution is -0.0510. The Hall–Kier alpha value is -1.38. The van der Waals surface area contributed by atoms with Crippen molar-refractivity contribution in [2.24, 2.45) is 46.3 Å². The maximum Gasteiger partial charge on any atom is 0.194 e. The van der Waals surface area contributed by atoms with Gasteiger partial charge in [0.2, 0.25) is 0 Å². The Balaban J connectivity index is 1.31. The van der Waals surface area contributed by atoms with Gasteiger partial charge in [-0.1, -0.05) is 65.5 Å². The second-order valence-electron chi connectivity index (χ2n) is 13.7. The van der Waals surface area contributed by atoms with Crippen LogP contribution in [-0.4, -0.2) is 15.2 Å². The quantitative estimate of drug-likeness (QED) is 0.367. The average molecular weight is 468 g/mol. The Labute approximate surface area is 207 Å². The fourth-order valence-electron chi connectivity index (χ4n) is 9.71. The molecule has 1 heterocycles. The number of nitrogens with one attached hydrogen (secondary N) is 1. The minimum Gasteiger partial charge on any atom is -0.495 e. The molecule has 0 saturated heterocycles. The zero-order valence-electron chi connectivity index (χ0n) is 22.4. The van der Waals surface area contributed by atoms with Crippen LogP contribution in [0.1, 0.15) is 117 Å². The smallest absolute Gasteiger partial charge is 0.194 e. The first-order chi connectivity index (χ1) is 16.1. The molecule has 8 atom stereocenters. The normalized spacial score (nSPS) is 40.4. The molecule has 0 bridgehead atoms. The summed E-state index contributed by atoms with van der Waals surface area (Å²) in [5.41, 5.74) is 3.43. The second-order valence-corrected chi connectivity index (χ2v) is 13.7. The third kappa shape index (κ3) is 3.94. The number of H-pyrrole nitrogens is 1. The van der Waals surface area contributed by atoms with Crippen molar-refractivity contribution in [1.82, 2.24) is 4.98 Å². The highest BCUT2D eigenvalue weighted by Gasteiger charge is 2.59. The van der Waals surface area contributed by atoms with E-state index in [2.05, 4.69) is 45.7 Å². The summed E-state index contributed by atoms with van der Waals surface area (Å²) in [6.07, 6.45) is 17.2. The van der Waals surface area contributed by atoms with E-state index in [1.54, 1.807) is 11.6 Å². The van der Waals surface area contributed by atoms with E-state index in [-0.39, 0.29) is 11.8 Å². The summed E-state index contributed by atoms with van der Waals surface area (Å²) in [4.78, 5) is 2.68. The Bertz CT molecular complexity index is 915. The van der Waals surface area contributed by atoms with Gasteiger partial charge in [-0.3, -0.25) is 4.98 Å². The Morgan fingerprint density at radius 2 is 1.79 bits per heavy atom. The van der Waals surface area contributed by atoms with E-state index in [0.29, 0.717) is 16.7 Å². The van der Waals surface area contributed by atoms with E-state index < -0.39 is 0 Å². The molecular weight excluding hydrogens is 418 g/mol. The Kier molecular flexibility index (Phi) is 6.39. The zero-order valence-corrected chi connectivity index (χ0v) is 22.4. The average Bonchev–Trinajstić information content (AvgIpc) is 3.31. The van der Waals surface area contributed by atoms with Gasteiger partial charge in [0.15, 0.2) is 11.8 Å². The first kappa shape index (κ1) is 24.3. The number of aromatic amines is 1. The molecule has 190 valence electrons. The van der Waals surface area contributed by atoms with Gasteiger partial charge in [-0.05, 0) is 104 Å². The fourth-order valence-corrected chi connectivity index (χ4v) is 9.71. The third-order valence-corrected chi connectivity index (χ3v) is 11.6. The minimum atomic E-state index is 0.0827. The van der Waals surface area contributed by atoms with Crippen LogP contribution in [-0.2, 0) is 0 Å². The van der Waals surface area contributed by atoms with Gasteiger partial charge >= 0.3 is 0 Å². The van der Waals surface area contributed by atoms with E-state index in [1.165, 1.54) is 57.8 Å². The molecule has 4 aliphatic rings. The molecule has 0 amide bonds. The van der Waals surface area contributed by atoms with Crippen LogP contribution in [0, 0.1) is 46.3 Å². The van der Waals surface area contributed by atoms with E-state index in [1.807, 2.05) is 0 Å². The van der Waals surface area contributed by atoms with Crippen molar-refractivity contribution in [2.75, 3.05) is 0 Å². The molecule has 0 spiro atoms. The summed E-state index contributed by atoms with van der Waals surface area (Å²) in [6.45, 7) is 12.6. The Morgan fingerprint density at radius 1 is 1.00 bits per heavy atom. The summed E-state index contributed by atoms with van der Waals surface area (Å²) in [5, 5.41) is 20.1. The third-order valence-electron chi connectivity index (χ3n) is 11.6. The predicted octanol–water partition coefficient (Wildman–Crippen LogP) is 8.55. The molecule has 4 aliphatic carbocycles. The van der Waals surface area contributed by atoms with E-state index >= 15 is 0 Å². The van der Waals surface area contributed by atoms with Gasteiger partial charge < -0.3 is 10.2 Å². The van der Waals surface area contributed by atoms with Crippen LogP contribution in [0.3, 0.4) is 0 Å². The van der Waals surface area contributed by atoms with Crippen molar-refractivity contribution in [3.05, 3.63) is 23.3 Å². The van der Waals surface area contributed by atoms with Crippen molar-refractivity contribution in [3.8, 4) is 11.8 Å². The monoisotopic (exact) mass is 467 g/mol. The van der Waals surface area contributed by atoms with Crippen LogP contribution in [0.5, 0.6) is 11.8 Å². The fraction of sp³-hybridized carbons (Fsp3) is 0.806. The molecule has 4 unspecified atom stereocenters. The van der Waals surface area contributed by atoms with Crippen molar-refractivity contribution in [1.29, 1.82) is 0 Å². The van der Waals surface area contributed by atoms with E-state index in [9.17, 15) is 10.2 Å². The van der Waals surface area contributed by atoms with Crippen LogP contribution in [0.2, 0.25) is 0 Å². The predicted molar refractivity (Wildman–Crippen MR) is 140 cm³/mol. The van der Waals surface area contributed by atoms with Gasteiger partial charge in [-0.2, -0.15) is 0 Å². The standard InChI is InChI=1S/C31H49NO2/c1-19(2)7-6-8-20(3)25-11-12-26-23-10-9-22-17-21(24-18-28(33)32-29(24)34)13-15-30(22,4)27(23)14-16-31(25,26)5/h9,18-21,23,25-27,32-34H,6-8,10-17H2,1-5H3/t20-,21?,23?,25-,26?,27?,30+,31-/m1/s1. The molecule has 5 rings (SSSR count). The number of aromatic nitrogens is 1. The van der Waals surface area contributed by atoms with Crippen LogP contribution in [0.25, 0.3) is 0 Å². The number of aromatic hydroxyl groups is 2. The van der Waals surface area contributed by atoms with Gasteiger partial charge in [0, 0.05) is 11.6 Å². The highest BCUT2D eigenvalue weighted by molar-refractivity contribution is 5.39. The molecule has 1 aromatic heterocycles. The highest BCUT2D eigenvalue weighted by atomic mass is 16.3. The van der Waals surface area contributed by atoms with E-state index in [0.717, 1.165) is 53.9 Å². The highest BCUT2D eigenvalue weighted by Crippen LogP contribution is 2.68. The molecule has 34 heavy (non-hydrogen) atoms. The number of fused-ring (bicyclic) bond motifs is 5. The van der Waals surface area contributed by atoms with Gasteiger partial charge in [0.25, 0.3) is 0 Å². The molecule has 0 radical (unpaired) electrons. The van der Waals surface area contributed by atoms with Crippen molar-refractivity contribution in [2.45, 2.75) is 111 Å². The zero-order chi connectivity index (χ0) is 24.3. The SMILES string of the molecule is CC(C)CCC[C@@H](C)[C@H]1CCC2C3CC=C4CC(c5cc(O)[nH]c5O)CC[C@]4(C)C3CC[C@@]21C. The van der Waals surface area contributed by atoms with Crippen LogP contribution >= 0.6 is 0 Å². The molecule has 3 fully saturated rings. The lowest BCUT2D eigenvalue weighted by Crippen LogP contribution is -2.50. The summed E-state index contributed by atoms with van der Waals surface area (Å²) >= 11 is 0. The van der Waals surface area contributed by atoms with E-state index in [4.69, 9.17) is 0 Å². The van der Waals surface area contributed by atoms with Gasteiger partial charge in [-0.15, -0.1) is 0 Å². The van der Waals surface area contributed by atoms with Crippen LogP contribution in [0.15, 0.2) is 17.7 Å². The summed E-state index contributed by atoms with van der Waals surface area (Å²) in [7, 11) is 0. The number of hydrogen-bond acceptors (Lipinski definition) is 2. The molecule has 3 heteroatoms. The second kappa shape index (κ2) is 8.93. The largest absolute Gasteiger partial charge is 0.495 e. The molecule has 0 aliphatic heterocycles. The number of hydrogen-bond donors (Lipinski definition) is 3. The molecule has 3 N–H and O–H groups in total. The van der Waals surface area contributed by atoms with Gasteiger partial charge in [0.1, 0.15) is 0 Å². The molecule has 3 saturated carbocycles. The topological polar surface area (TPSA) is 56.2 Å².